The third kappa shape index (κ3) is 3.18. The zero-order chi connectivity index (χ0) is 14.9. The van der Waals surface area contributed by atoms with Gasteiger partial charge in [0.25, 0.3) is 0 Å². The van der Waals surface area contributed by atoms with Crippen LogP contribution in [0.3, 0.4) is 0 Å². The molecule has 0 radical (unpaired) electrons. The summed E-state index contributed by atoms with van der Waals surface area (Å²) in [6.45, 7) is 11.0. The van der Waals surface area contributed by atoms with E-state index in [2.05, 4.69) is 39.2 Å². The summed E-state index contributed by atoms with van der Waals surface area (Å²) in [6, 6.07) is 0.372. The van der Waals surface area contributed by atoms with Crippen molar-refractivity contribution in [2.75, 3.05) is 5.73 Å². The maximum atomic E-state index is 6.42. The third-order valence-electron chi connectivity index (χ3n) is 4.42. The van der Waals surface area contributed by atoms with Gasteiger partial charge in [-0.05, 0) is 26.2 Å². The molecule has 1 aromatic heterocycles. The van der Waals surface area contributed by atoms with E-state index in [0.717, 1.165) is 29.7 Å². The van der Waals surface area contributed by atoms with Crippen LogP contribution in [0.4, 0.5) is 5.82 Å². The molecule has 0 aliphatic heterocycles. The standard InChI is InChI=1S/C17H31N3/c1-12(2)20-15(18)14(19-16(20)17(3,4)5)11-13-9-7-6-8-10-13/h12-13H,6-11,18H2,1-5H3. The van der Waals surface area contributed by atoms with E-state index < -0.39 is 0 Å². The molecule has 0 saturated heterocycles. The number of imidazole rings is 1. The molecule has 1 aromatic rings. The lowest BCUT2D eigenvalue weighted by molar-refractivity contribution is 0.354. The molecule has 0 atom stereocenters. The van der Waals surface area contributed by atoms with Gasteiger partial charge in [0.1, 0.15) is 11.6 Å². The van der Waals surface area contributed by atoms with Crippen LogP contribution >= 0.6 is 0 Å². The number of aromatic nitrogens is 2. The molecular formula is C17H31N3. The molecule has 114 valence electrons. The normalized spacial score (nSPS) is 17.9. The van der Waals surface area contributed by atoms with E-state index in [0.29, 0.717) is 6.04 Å². The van der Waals surface area contributed by atoms with Crippen LogP contribution in [0.25, 0.3) is 0 Å². The van der Waals surface area contributed by atoms with Gasteiger partial charge in [-0.15, -0.1) is 0 Å². The van der Waals surface area contributed by atoms with Crippen LogP contribution in [0.5, 0.6) is 0 Å². The average molecular weight is 277 g/mol. The number of hydrogen-bond donors (Lipinski definition) is 1. The van der Waals surface area contributed by atoms with Gasteiger partial charge in [0.15, 0.2) is 0 Å². The first-order valence-corrected chi connectivity index (χ1v) is 8.17. The van der Waals surface area contributed by atoms with E-state index in [1.165, 1.54) is 32.1 Å². The molecule has 0 unspecified atom stereocenters. The van der Waals surface area contributed by atoms with Crippen molar-refractivity contribution in [2.24, 2.45) is 5.92 Å². The van der Waals surface area contributed by atoms with Gasteiger partial charge in [0, 0.05) is 11.5 Å². The summed E-state index contributed by atoms with van der Waals surface area (Å²) < 4.78 is 2.23. The summed E-state index contributed by atoms with van der Waals surface area (Å²) in [4.78, 5) is 4.93. The molecule has 0 bridgehead atoms. The smallest absolute Gasteiger partial charge is 0.127 e. The molecule has 0 aromatic carbocycles. The Morgan fingerprint density at radius 2 is 1.80 bits per heavy atom. The highest BCUT2D eigenvalue weighted by molar-refractivity contribution is 5.40. The summed E-state index contributed by atoms with van der Waals surface area (Å²) in [5.41, 5.74) is 7.60. The van der Waals surface area contributed by atoms with Crippen molar-refractivity contribution in [1.82, 2.24) is 9.55 Å². The number of nitrogens with two attached hydrogens (primary N) is 1. The van der Waals surface area contributed by atoms with Gasteiger partial charge < -0.3 is 10.3 Å². The Kier molecular flexibility index (Phi) is 4.46. The minimum Gasteiger partial charge on any atom is -0.384 e. The highest BCUT2D eigenvalue weighted by atomic mass is 15.2. The number of nitrogens with zero attached hydrogens (tertiary/aromatic N) is 2. The maximum Gasteiger partial charge on any atom is 0.127 e. The quantitative estimate of drug-likeness (QED) is 0.886. The van der Waals surface area contributed by atoms with Crippen molar-refractivity contribution in [3.05, 3.63) is 11.5 Å². The largest absolute Gasteiger partial charge is 0.384 e. The van der Waals surface area contributed by atoms with Crippen molar-refractivity contribution in [3.8, 4) is 0 Å². The second kappa shape index (κ2) is 5.79. The van der Waals surface area contributed by atoms with Crippen LogP contribution < -0.4 is 5.73 Å². The number of nitrogen functional groups attached to an aromatic ring is 1. The van der Waals surface area contributed by atoms with Gasteiger partial charge >= 0.3 is 0 Å². The third-order valence-corrected chi connectivity index (χ3v) is 4.42. The van der Waals surface area contributed by atoms with E-state index in [-0.39, 0.29) is 5.41 Å². The molecule has 0 spiro atoms. The molecule has 1 aliphatic carbocycles. The van der Waals surface area contributed by atoms with Crippen molar-refractivity contribution in [1.29, 1.82) is 0 Å². The Hall–Kier alpha value is -0.990. The summed E-state index contributed by atoms with van der Waals surface area (Å²) in [7, 11) is 0. The van der Waals surface area contributed by atoms with Gasteiger partial charge in [-0.1, -0.05) is 52.9 Å². The van der Waals surface area contributed by atoms with Crippen LogP contribution in [-0.4, -0.2) is 9.55 Å². The van der Waals surface area contributed by atoms with Gasteiger partial charge in [-0.3, -0.25) is 0 Å². The zero-order valence-corrected chi connectivity index (χ0v) is 13.9. The predicted octanol–water partition coefficient (Wildman–Crippen LogP) is 4.47. The lowest BCUT2D eigenvalue weighted by Gasteiger charge is -2.22. The molecule has 2 N–H and O–H groups in total. The van der Waals surface area contributed by atoms with E-state index in [4.69, 9.17) is 10.7 Å². The lowest BCUT2D eigenvalue weighted by Crippen LogP contribution is -2.21. The van der Waals surface area contributed by atoms with Crippen LogP contribution in [0, 0.1) is 5.92 Å². The zero-order valence-electron chi connectivity index (χ0n) is 13.9. The van der Waals surface area contributed by atoms with Crippen LogP contribution in [0.2, 0.25) is 0 Å². The molecule has 1 aliphatic rings. The van der Waals surface area contributed by atoms with E-state index in [1.54, 1.807) is 0 Å². The lowest BCUT2D eigenvalue weighted by atomic mass is 9.86. The predicted molar refractivity (Wildman–Crippen MR) is 86.0 cm³/mol. The monoisotopic (exact) mass is 277 g/mol. The van der Waals surface area contributed by atoms with Crippen molar-refractivity contribution >= 4 is 5.82 Å². The van der Waals surface area contributed by atoms with Crippen LogP contribution in [0.15, 0.2) is 0 Å². The summed E-state index contributed by atoms with van der Waals surface area (Å²) >= 11 is 0. The molecule has 3 nitrogen and oxygen atoms in total. The minimum atomic E-state index is 0.0448. The van der Waals surface area contributed by atoms with Crippen molar-refractivity contribution in [3.63, 3.8) is 0 Å². The Morgan fingerprint density at radius 1 is 1.20 bits per heavy atom. The van der Waals surface area contributed by atoms with E-state index in [9.17, 15) is 0 Å². The molecule has 3 heteroatoms. The van der Waals surface area contributed by atoms with Gasteiger partial charge in [0.05, 0.1) is 5.69 Å². The summed E-state index contributed by atoms with van der Waals surface area (Å²) in [5.74, 6) is 2.82. The number of hydrogen-bond acceptors (Lipinski definition) is 2. The Bertz CT molecular complexity index is 446. The van der Waals surface area contributed by atoms with Crippen molar-refractivity contribution in [2.45, 2.75) is 84.6 Å². The van der Waals surface area contributed by atoms with E-state index in [1.807, 2.05) is 0 Å². The molecule has 2 rings (SSSR count). The second-order valence-electron chi connectivity index (χ2n) is 7.69. The molecule has 0 amide bonds. The molecule has 20 heavy (non-hydrogen) atoms. The molecule has 1 saturated carbocycles. The van der Waals surface area contributed by atoms with E-state index >= 15 is 0 Å². The second-order valence-corrected chi connectivity index (χ2v) is 7.69. The summed E-state index contributed by atoms with van der Waals surface area (Å²) in [5, 5.41) is 0. The first-order valence-electron chi connectivity index (χ1n) is 8.17. The Morgan fingerprint density at radius 3 is 2.25 bits per heavy atom. The highest BCUT2D eigenvalue weighted by Crippen LogP contribution is 2.33. The van der Waals surface area contributed by atoms with Gasteiger partial charge in [-0.2, -0.15) is 0 Å². The minimum absolute atomic E-state index is 0.0448. The number of anilines is 1. The fourth-order valence-corrected chi connectivity index (χ4v) is 3.36. The maximum absolute atomic E-state index is 6.42. The fourth-order valence-electron chi connectivity index (χ4n) is 3.36. The molecular weight excluding hydrogens is 246 g/mol. The molecule has 1 fully saturated rings. The first kappa shape index (κ1) is 15.4. The SMILES string of the molecule is CC(C)n1c(C(C)(C)C)nc(CC2CCCCC2)c1N. The number of rotatable bonds is 3. The van der Waals surface area contributed by atoms with Gasteiger partial charge in [0.2, 0.25) is 0 Å². The summed E-state index contributed by atoms with van der Waals surface area (Å²) in [6.07, 6.45) is 7.91. The fraction of sp³-hybridized carbons (Fsp3) is 0.824. The first-order chi connectivity index (χ1) is 9.30. The van der Waals surface area contributed by atoms with Crippen molar-refractivity contribution < 1.29 is 0 Å². The Labute approximate surface area is 124 Å². The topological polar surface area (TPSA) is 43.8 Å². The molecule has 1 heterocycles. The van der Waals surface area contributed by atoms with Crippen LogP contribution in [0.1, 0.15) is 84.3 Å². The van der Waals surface area contributed by atoms with Crippen LogP contribution in [-0.2, 0) is 11.8 Å². The highest BCUT2D eigenvalue weighted by Gasteiger charge is 2.27. The Balaban J connectivity index is 2.29. The average Bonchev–Trinajstić information content (AvgIpc) is 2.68. The van der Waals surface area contributed by atoms with Gasteiger partial charge in [-0.25, -0.2) is 4.98 Å².